The molecule has 32 heavy (non-hydrogen) atoms. The molecule has 0 fully saturated rings. The van der Waals surface area contributed by atoms with E-state index in [1.807, 2.05) is 12.1 Å². The van der Waals surface area contributed by atoms with Crippen molar-refractivity contribution in [2.24, 2.45) is 0 Å². The van der Waals surface area contributed by atoms with E-state index in [4.69, 9.17) is 14.2 Å². The first-order valence-corrected chi connectivity index (χ1v) is 11.2. The van der Waals surface area contributed by atoms with Gasteiger partial charge in [-0.2, -0.15) is 0 Å². The van der Waals surface area contributed by atoms with Gasteiger partial charge in [-0.15, -0.1) is 0 Å². The lowest BCUT2D eigenvalue weighted by Crippen LogP contribution is -2.28. The number of para-hydroxylation sites is 4. The van der Waals surface area contributed by atoms with E-state index in [0.717, 1.165) is 0 Å². The first-order valence-electron chi connectivity index (χ1n) is 9.74. The number of sulfonamides is 1. The third-order valence-electron chi connectivity index (χ3n) is 4.47. The maximum Gasteiger partial charge on any atom is 0.262 e. The molecular weight excluding hydrogens is 432 g/mol. The molecule has 0 aliphatic carbocycles. The Morgan fingerprint density at radius 2 is 1.50 bits per heavy atom. The largest absolute Gasteiger partial charge is 0.495 e. The monoisotopic (exact) mass is 456 g/mol. The molecule has 0 saturated carbocycles. The molecule has 0 bridgehead atoms. The molecule has 0 atom stereocenters. The lowest BCUT2D eigenvalue weighted by molar-refractivity contribution is 0.0946. The van der Waals surface area contributed by atoms with Crippen LogP contribution in [0.2, 0.25) is 0 Å². The van der Waals surface area contributed by atoms with Gasteiger partial charge in [-0.3, -0.25) is 9.52 Å². The number of amides is 1. The van der Waals surface area contributed by atoms with Gasteiger partial charge >= 0.3 is 0 Å². The van der Waals surface area contributed by atoms with Crippen LogP contribution >= 0.6 is 0 Å². The molecule has 0 aliphatic rings. The van der Waals surface area contributed by atoms with E-state index in [-0.39, 0.29) is 23.6 Å². The fourth-order valence-electron chi connectivity index (χ4n) is 2.90. The van der Waals surface area contributed by atoms with Crippen LogP contribution < -0.4 is 24.2 Å². The van der Waals surface area contributed by atoms with Gasteiger partial charge in [-0.05, 0) is 42.5 Å². The maximum absolute atomic E-state index is 12.8. The molecule has 2 N–H and O–H groups in total. The van der Waals surface area contributed by atoms with Crippen LogP contribution in [0.4, 0.5) is 5.69 Å². The number of hydrogen-bond donors (Lipinski definition) is 2. The van der Waals surface area contributed by atoms with Crippen molar-refractivity contribution in [1.29, 1.82) is 0 Å². The molecule has 8 nitrogen and oxygen atoms in total. The zero-order valence-corrected chi connectivity index (χ0v) is 18.5. The molecule has 0 aliphatic heterocycles. The van der Waals surface area contributed by atoms with E-state index in [0.29, 0.717) is 22.9 Å². The lowest BCUT2D eigenvalue weighted by Gasteiger charge is -2.13. The standard InChI is InChI=1S/C23H24N2O6S/c1-29-20-11-4-3-10-19(20)25-32(27,28)18-9-7-8-17(16-18)23(26)24-14-15-31-22-13-6-5-12-21(22)30-2/h3-13,16,25H,14-15H2,1-2H3,(H,24,26). The lowest BCUT2D eigenvalue weighted by atomic mass is 10.2. The van der Waals surface area contributed by atoms with Crippen molar-refractivity contribution in [3.63, 3.8) is 0 Å². The van der Waals surface area contributed by atoms with Gasteiger partial charge in [0.2, 0.25) is 0 Å². The predicted molar refractivity (Wildman–Crippen MR) is 121 cm³/mol. The van der Waals surface area contributed by atoms with Crippen LogP contribution in [0.3, 0.4) is 0 Å². The van der Waals surface area contributed by atoms with Crippen molar-refractivity contribution in [2.75, 3.05) is 32.1 Å². The first-order chi connectivity index (χ1) is 15.4. The summed E-state index contributed by atoms with van der Waals surface area (Å²) in [4.78, 5) is 12.5. The van der Waals surface area contributed by atoms with E-state index >= 15 is 0 Å². The van der Waals surface area contributed by atoms with Crippen LogP contribution in [0.15, 0.2) is 77.7 Å². The van der Waals surface area contributed by atoms with Gasteiger partial charge in [0.05, 0.1) is 31.3 Å². The number of carbonyl (C=O) groups excluding carboxylic acids is 1. The second-order valence-corrected chi connectivity index (χ2v) is 8.27. The highest BCUT2D eigenvalue weighted by molar-refractivity contribution is 7.92. The van der Waals surface area contributed by atoms with Crippen LogP contribution in [-0.2, 0) is 10.0 Å². The summed E-state index contributed by atoms with van der Waals surface area (Å²) in [5.74, 6) is 1.14. The van der Waals surface area contributed by atoms with Gasteiger partial charge in [-0.1, -0.05) is 30.3 Å². The SMILES string of the molecule is COc1ccccc1NS(=O)(=O)c1cccc(C(=O)NCCOc2ccccc2OC)c1. The molecule has 3 aromatic rings. The molecule has 0 heterocycles. The zero-order valence-electron chi connectivity index (χ0n) is 17.7. The number of methoxy groups -OCH3 is 2. The van der Waals surface area contributed by atoms with Gasteiger partial charge < -0.3 is 19.5 Å². The van der Waals surface area contributed by atoms with Crippen molar-refractivity contribution < 1.29 is 27.4 Å². The Balaban J connectivity index is 1.62. The minimum Gasteiger partial charge on any atom is -0.495 e. The van der Waals surface area contributed by atoms with Crippen molar-refractivity contribution in [3.05, 3.63) is 78.4 Å². The molecule has 0 aromatic heterocycles. The number of nitrogens with one attached hydrogen (secondary N) is 2. The highest BCUT2D eigenvalue weighted by Gasteiger charge is 2.18. The maximum atomic E-state index is 12.8. The molecule has 3 aromatic carbocycles. The highest BCUT2D eigenvalue weighted by Crippen LogP contribution is 2.27. The minimum absolute atomic E-state index is 0.0404. The highest BCUT2D eigenvalue weighted by atomic mass is 32.2. The Kier molecular flexibility index (Phi) is 7.56. The zero-order chi connectivity index (χ0) is 23.0. The normalized spacial score (nSPS) is 10.8. The van der Waals surface area contributed by atoms with Gasteiger partial charge in [0, 0.05) is 5.56 Å². The number of ether oxygens (including phenoxy) is 3. The molecule has 168 valence electrons. The van der Waals surface area contributed by atoms with Crippen LogP contribution in [0.5, 0.6) is 17.2 Å². The second-order valence-electron chi connectivity index (χ2n) is 6.59. The number of rotatable bonds is 10. The molecule has 3 rings (SSSR count). The summed E-state index contributed by atoms with van der Waals surface area (Å²) in [6.45, 7) is 0.451. The van der Waals surface area contributed by atoms with E-state index < -0.39 is 15.9 Å². The topological polar surface area (TPSA) is 103 Å². The summed E-state index contributed by atoms with van der Waals surface area (Å²) in [7, 11) is -0.916. The van der Waals surface area contributed by atoms with E-state index in [2.05, 4.69) is 10.0 Å². The van der Waals surface area contributed by atoms with Gasteiger partial charge in [-0.25, -0.2) is 8.42 Å². The summed E-state index contributed by atoms with van der Waals surface area (Å²) in [5.41, 5.74) is 0.517. The van der Waals surface area contributed by atoms with Gasteiger partial charge in [0.1, 0.15) is 12.4 Å². The van der Waals surface area contributed by atoms with Gasteiger partial charge in [0.25, 0.3) is 15.9 Å². The number of anilines is 1. The van der Waals surface area contributed by atoms with E-state index in [1.54, 1.807) is 49.6 Å². The van der Waals surface area contributed by atoms with Crippen molar-refractivity contribution in [3.8, 4) is 17.2 Å². The Labute approximate surface area is 187 Å². The number of carbonyl (C=O) groups is 1. The fraction of sp³-hybridized carbons (Fsp3) is 0.174. The van der Waals surface area contributed by atoms with Crippen LogP contribution in [-0.4, -0.2) is 41.7 Å². The average molecular weight is 457 g/mol. The Bertz CT molecular complexity index is 1180. The number of benzene rings is 3. The molecule has 9 heteroatoms. The smallest absolute Gasteiger partial charge is 0.262 e. The summed E-state index contributed by atoms with van der Waals surface area (Å²) in [5, 5.41) is 2.71. The van der Waals surface area contributed by atoms with E-state index in [1.165, 1.54) is 25.3 Å². The fourth-order valence-corrected chi connectivity index (χ4v) is 4.02. The van der Waals surface area contributed by atoms with Crippen LogP contribution in [0, 0.1) is 0 Å². The second kappa shape index (κ2) is 10.5. The van der Waals surface area contributed by atoms with E-state index in [9.17, 15) is 13.2 Å². The number of hydrogen-bond acceptors (Lipinski definition) is 6. The third-order valence-corrected chi connectivity index (χ3v) is 5.84. The van der Waals surface area contributed by atoms with Gasteiger partial charge in [0.15, 0.2) is 11.5 Å². The predicted octanol–water partition coefficient (Wildman–Crippen LogP) is 3.31. The molecule has 1 amide bonds. The van der Waals surface area contributed by atoms with Crippen molar-refractivity contribution >= 4 is 21.6 Å². The molecule has 0 radical (unpaired) electrons. The quantitative estimate of drug-likeness (QED) is 0.454. The summed E-state index contributed by atoms with van der Waals surface area (Å²) < 4.78 is 44.1. The molecular formula is C23H24N2O6S. The molecule has 0 unspecified atom stereocenters. The van der Waals surface area contributed by atoms with Crippen molar-refractivity contribution in [1.82, 2.24) is 5.32 Å². The Morgan fingerprint density at radius 1 is 0.844 bits per heavy atom. The Morgan fingerprint density at radius 3 is 2.22 bits per heavy atom. The van der Waals surface area contributed by atoms with Crippen molar-refractivity contribution in [2.45, 2.75) is 4.90 Å². The third kappa shape index (κ3) is 5.70. The Hall–Kier alpha value is -3.72. The van der Waals surface area contributed by atoms with Crippen LogP contribution in [0.1, 0.15) is 10.4 Å². The summed E-state index contributed by atoms with van der Waals surface area (Å²) >= 11 is 0. The molecule has 0 spiro atoms. The molecule has 0 saturated heterocycles. The summed E-state index contributed by atoms with van der Waals surface area (Å²) in [6, 6.07) is 19.6. The minimum atomic E-state index is -3.92. The average Bonchev–Trinajstić information content (AvgIpc) is 2.82. The first kappa shape index (κ1) is 23.0. The van der Waals surface area contributed by atoms with Crippen LogP contribution in [0.25, 0.3) is 0 Å². The summed E-state index contributed by atoms with van der Waals surface area (Å²) in [6.07, 6.45) is 0.